The van der Waals surface area contributed by atoms with Crippen LogP contribution in [0.3, 0.4) is 0 Å². The zero-order chi connectivity index (χ0) is 15.6. The van der Waals surface area contributed by atoms with Gasteiger partial charge in [0.2, 0.25) is 0 Å². The molecule has 0 aliphatic rings. The Kier molecular flexibility index (Phi) is 5.02. The van der Waals surface area contributed by atoms with Crippen molar-refractivity contribution in [2.75, 3.05) is 6.54 Å². The summed E-state index contributed by atoms with van der Waals surface area (Å²) in [6.45, 7) is 8.60. The van der Waals surface area contributed by atoms with Gasteiger partial charge in [-0.05, 0) is 55.6 Å². The van der Waals surface area contributed by atoms with E-state index in [2.05, 4.69) is 5.32 Å². The molecule has 0 saturated carbocycles. The molecule has 21 heavy (non-hydrogen) atoms. The van der Waals surface area contributed by atoms with E-state index in [-0.39, 0.29) is 11.9 Å². The zero-order valence-electron chi connectivity index (χ0n) is 12.9. The van der Waals surface area contributed by atoms with Gasteiger partial charge >= 0.3 is 0 Å². The second-order valence-corrected chi connectivity index (χ2v) is 5.83. The molecule has 112 valence electrons. The Morgan fingerprint density at radius 1 is 1.05 bits per heavy atom. The fraction of sp³-hybridized carbons (Fsp3) is 0.333. The van der Waals surface area contributed by atoms with Gasteiger partial charge < -0.3 is 5.32 Å². The van der Waals surface area contributed by atoms with Gasteiger partial charge in [0.05, 0.1) is 6.04 Å². The van der Waals surface area contributed by atoms with Crippen molar-refractivity contribution in [3.8, 4) is 0 Å². The Morgan fingerprint density at radius 3 is 2.38 bits per heavy atom. The van der Waals surface area contributed by atoms with Crippen LogP contribution in [-0.4, -0.2) is 6.54 Å². The molecule has 2 aromatic rings. The number of benzene rings is 2. The molecule has 3 heteroatoms. The summed E-state index contributed by atoms with van der Waals surface area (Å²) in [6.07, 6.45) is 0. The molecule has 1 nitrogen and oxygen atoms in total. The first-order valence-corrected chi connectivity index (χ1v) is 7.58. The minimum Gasteiger partial charge on any atom is -0.306 e. The van der Waals surface area contributed by atoms with E-state index in [0.717, 1.165) is 23.2 Å². The van der Waals surface area contributed by atoms with Crippen LogP contribution in [0.25, 0.3) is 0 Å². The average molecular weight is 306 g/mol. The van der Waals surface area contributed by atoms with E-state index in [1.54, 1.807) is 13.0 Å². The minimum atomic E-state index is -0.235. The van der Waals surface area contributed by atoms with E-state index in [1.807, 2.05) is 45.0 Å². The van der Waals surface area contributed by atoms with Crippen LogP contribution in [0.5, 0.6) is 0 Å². The van der Waals surface area contributed by atoms with Crippen molar-refractivity contribution in [3.63, 3.8) is 0 Å². The van der Waals surface area contributed by atoms with Crippen LogP contribution in [0.1, 0.15) is 40.8 Å². The van der Waals surface area contributed by atoms with Gasteiger partial charge in [0.25, 0.3) is 0 Å². The van der Waals surface area contributed by atoms with Gasteiger partial charge in [0.15, 0.2) is 0 Å². The van der Waals surface area contributed by atoms with E-state index in [9.17, 15) is 4.39 Å². The maximum absolute atomic E-state index is 14.5. The third kappa shape index (κ3) is 3.28. The fourth-order valence-electron chi connectivity index (χ4n) is 2.51. The molecule has 2 aromatic carbocycles. The van der Waals surface area contributed by atoms with Crippen LogP contribution in [0, 0.1) is 26.6 Å². The number of rotatable bonds is 4. The van der Waals surface area contributed by atoms with Crippen LogP contribution in [-0.2, 0) is 0 Å². The molecule has 0 aliphatic carbocycles. The highest BCUT2D eigenvalue weighted by molar-refractivity contribution is 6.31. The molecule has 0 aliphatic heterocycles. The van der Waals surface area contributed by atoms with Gasteiger partial charge in [-0.1, -0.05) is 42.8 Å². The van der Waals surface area contributed by atoms with Crippen molar-refractivity contribution in [1.29, 1.82) is 0 Å². The smallest absolute Gasteiger partial charge is 0.131 e. The SMILES string of the molecule is CCNC(c1cc(C)c(C)cc1Cl)c1cccc(C)c1F. The van der Waals surface area contributed by atoms with Gasteiger partial charge in [0, 0.05) is 10.6 Å². The molecule has 2 rings (SSSR count). The van der Waals surface area contributed by atoms with Crippen molar-refractivity contribution < 1.29 is 4.39 Å². The predicted molar refractivity (Wildman–Crippen MR) is 87.6 cm³/mol. The van der Waals surface area contributed by atoms with E-state index >= 15 is 0 Å². The van der Waals surface area contributed by atoms with Crippen molar-refractivity contribution in [3.05, 3.63) is 69.0 Å². The standard InChI is InChI=1S/C18H21ClFN/c1-5-21-18(14-8-6-7-11(2)17(14)20)15-9-12(3)13(4)10-16(15)19/h6-10,18,21H,5H2,1-4H3. The fourth-order valence-corrected chi connectivity index (χ4v) is 2.84. The maximum atomic E-state index is 14.5. The Hall–Kier alpha value is -1.38. The second-order valence-electron chi connectivity index (χ2n) is 5.43. The van der Waals surface area contributed by atoms with Crippen LogP contribution < -0.4 is 5.32 Å². The van der Waals surface area contributed by atoms with Crippen molar-refractivity contribution >= 4 is 11.6 Å². The molecule has 1 unspecified atom stereocenters. The summed E-state index contributed by atoms with van der Waals surface area (Å²) >= 11 is 6.41. The van der Waals surface area contributed by atoms with Gasteiger partial charge in [-0.3, -0.25) is 0 Å². The summed E-state index contributed by atoms with van der Waals surface area (Å²) in [6, 6.07) is 9.25. The molecule has 0 radical (unpaired) electrons. The highest BCUT2D eigenvalue weighted by Gasteiger charge is 2.21. The lowest BCUT2D eigenvalue weighted by Crippen LogP contribution is -2.23. The van der Waals surface area contributed by atoms with Gasteiger partial charge in [-0.15, -0.1) is 0 Å². The third-order valence-corrected chi connectivity index (χ3v) is 4.19. The van der Waals surface area contributed by atoms with Crippen molar-refractivity contribution in [1.82, 2.24) is 5.32 Å². The summed E-state index contributed by atoms with van der Waals surface area (Å²) in [5, 5.41) is 4.02. The molecule has 0 fully saturated rings. The predicted octanol–water partition coefficient (Wildman–Crippen LogP) is 5.10. The molecular weight excluding hydrogens is 285 g/mol. The van der Waals surface area contributed by atoms with E-state index in [0.29, 0.717) is 16.1 Å². The van der Waals surface area contributed by atoms with E-state index in [1.165, 1.54) is 0 Å². The molecule has 0 spiro atoms. The maximum Gasteiger partial charge on any atom is 0.131 e. The Bertz CT molecular complexity index is 652. The number of aryl methyl sites for hydroxylation is 3. The number of halogens is 2. The topological polar surface area (TPSA) is 12.0 Å². The van der Waals surface area contributed by atoms with Gasteiger partial charge in [0.1, 0.15) is 5.82 Å². The van der Waals surface area contributed by atoms with E-state index < -0.39 is 0 Å². The first-order valence-electron chi connectivity index (χ1n) is 7.20. The first kappa shape index (κ1) is 16.0. The summed E-state index contributed by atoms with van der Waals surface area (Å²) < 4.78 is 14.5. The molecule has 0 amide bonds. The highest BCUT2D eigenvalue weighted by atomic mass is 35.5. The Labute approximate surface area is 131 Å². The third-order valence-electron chi connectivity index (χ3n) is 3.86. The summed E-state index contributed by atoms with van der Waals surface area (Å²) in [5.41, 5.74) is 4.51. The lowest BCUT2D eigenvalue weighted by molar-refractivity contribution is 0.553. The molecule has 0 heterocycles. The van der Waals surface area contributed by atoms with Crippen molar-refractivity contribution in [2.24, 2.45) is 0 Å². The van der Waals surface area contributed by atoms with Crippen molar-refractivity contribution in [2.45, 2.75) is 33.7 Å². The summed E-state index contributed by atoms with van der Waals surface area (Å²) in [4.78, 5) is 0. The first-order chi connectivity index (χ1) is 9.95. The van der Waals surface area contributed by atoms with E-state index in [4.69, 9.17) is 11.6 Å². The lowest BCUT2D eigenvalue weighted by Gasteiger charge is -2.22. The number of hydrogen-bond donors (Lipinski definition) is 1. The largest absolute Gasteiger partial charge is 0.306 e. The van der Waals surface area contributed by atoms with Crippen LogP contribution >= 0.6 is 11.6 Å². The normalized spacial score (nSPS) is 12.5. The molecule has 1 atom stereocenters. The Balaban J connectivity index is 2.59. The molecule has 1 N–H and O–H groups in total. The van der Waals surface area contributed by atoms with Crippen LogP contribution in [0.2, 0.25) is 5.02 Å². The van der Waals surface area contributed by atoms with Crippen LogP contribution in [0.4, 0.5) is 4.39 Å². The summed E-state index contributed by atoms with van der Waals surface area (Å²) in [5.74, 6) is -0.169. The highest BCUT2D eigenvalue weighted by Crippen LogP contribution is 2.32. The molecular formula is C18H21ClFN. The molecule has 0 bridgehead atoms. The monoisotopic (exact) mass is 305 g/mol. The van der Waals surface area contributed by atoms with Gasteiger partial charge in [-0.25, -0.2) is 4.39 Å². The second kappa shape index (κ2) is 6.59. The summed E-state index contributed by atoms with van der Waals surface area (Å²) in [7, 11) is 0. The molecule has 0 aromatic heterocycles. The quantitative estimate of drug-likeness (QED) is 0.828. The average Bonchev–Trinajstić information content (AvgIpc) is 2.44. The number of nitrogens with one attached hydrogen (secondary N) is 1. The zero-order valence-corrected chi connectivity index (χ0v) is 13.7. The minimum absolute atomic E-state index is 0.169. The lowest BCUT2D eigenvalue weighted by atomic mass is 9.94. The number of hydrogen-bond acceptors (Lipinski definition) is 1. The van der Waals surface area contributed by atoms with Crippen LogP contribution in [0.15, 0.2) is 30.3 Å². The Morgan fingerprint density at radius 2 is 1.71 bits per heavy atom. The van der Waals surface area contributed by atoms with Gasteiger partial charge in [-0.2, -0.15) is 0 Å². The molecule has 0 saturated heterocycles.